The standard InChI is InChI=1S/C23H20N4O2S/c1-29-21-7-3-2-5-18(21)8-9-19-16-30-23(25-19)26-22(28)20-6-4-14-27(20)15-17-10-12-24-13-11-17/h2-14,16H,15H2,1H3,(H,25,26,28). The Bertz CT molecular complexity index is 1160. The van der Waals surface area contributed by atoms with Crippen LogP contribution >= 0.6 is 11.3 Å². The zero-order chi connectivity index (χ0) is 20.8. The second-order valence-corrected chi connectivity index (χ2v) is 7.34. The van der Waals surface area contributed by atoms with Crippen LogP contribution in [0.1, 0.15) is 27.3 Å². The minimum atomic E-state index is -0.191. The fourth-order valence-corrected chi connectivity index (χ4v) is 3.68. The highest BCUT2D eigenvalue weighted by Gasteiger charge is 2.13. The van der Waals surface area contributed by atoms with Crippen molar-refractivity contribution in [1.82, 2.24) is 14.5 Å². The highest BCUT2D eigenvalue weighted by molar-refractivity contribution is 7.14. The lowest BCUT2D eigenvalue weighted by Crippen LogP contribution is -2.17. The highest BCUT2D eigenvalue weighted by Crippen LogP contribution is 2.22. The molecule has 30 heavy (non-hydrogen) atoms. The number of thiazole rings is 1. The summed E-state index contributed by atoms with van der Waals surface area (Å²) in [5.41, 5.74) is 3.39. The lowest BCUT2D eigenvalue weighted by Gasteiger charge is -2.08. The number of hydrogen-bond donors (Lipinski definition) is 1. The van der Waals surface area contributed by atoms with Crippen molar-refractivity contribution in [3.63, 3.8) is 0 Å². The molecule has 0 aliphatic rings. The quantitative estimate of drug-likeness (QED) is 0.469. The Kier molecular flexibility index (Phi) is 6.01. The maximum atomic E-state index is 12.7. The smallest absolute Gasteiger partial charge is 0.274 e. The number of hydrogen-bond acceptors (Lipinski definition) is 5. The Balaban J connectivity index is 1.44. The molecule has 4 rings (SSSR count). The van der Waals surface area contributed by atoms with E-state index in [4.69, 9.17) is 4.74 Å². The fraction of sp³-hybridized carbons (Fsp3) is 0.0870. The van der Waals surface area contributed by atoms with E-state index in [9.17, 15) is 4.79 Å². The van der Waals surface area contributed by atoms with Crippen molar-refractivity contribution in [2.75, 3.05) is 12.4 Å². The van der Waals surface area contributed by atoms with Gasteiger partial charge in [0.05, 0.1) is 12.8 Å². The molecule has 0 saturated carbocycles. The fourth-order valence-electron chi connectivity index (χ4n) is 3.00. The van der Waals surface area contributed by atoms with Crippen LogP contribution in [0.25, 0.3) is 12.2 Å². The normalized spacial score (nSPS) is 11.0. The van der Waals surface area contributed by atoms with Crippen LogP contribution in [-0.2, 0) is 6.54 Å². The van der Waals surface area contributed by atoms with Crippen molar-refractivity contribution < 1.29 is 9.53 Å². The van der Waals surface area contributed by atoms with Crippen LogP contribution in [0.5, 0.6) is 5.75 Å². The predicted molar refractivity (Wildman–Crippen MR) is 120 cm³/mol. The average Bonchev–Trinajstić information content (AvgIpc) is 3.42. The van der Waals surface area contributed by atoms with Crippen LogP contribution in [0, 0.1) is 0 Å². The molecule has 6 nitrogen and oxygen atoms in total. The van der Waals surface area contributed by atoms with E-state index in [1.165, 1.54) is 11.3 Å². The average molecular weight is 417 g/mol. The van der Waals surface area contributed by atoms with Gasteiger partial charge in [0.1, 0.15) is 11.4 Å². The maximum absolute atomic E-state index is 12.7. The molecule has 0 radical (unpaired) electrons. The molecule has 0 aliphatic heterocycles. The summed E-state index contributed by atoms with van der Waals surface area (Å²) in [5.74, 6) is 0.608. The van der Waals surface area contributed by atoms with Gasteiger partial charge in [-0.3, -0.25) is 15.1 Å². The molecule has 3 heterocycles. The number of carbonyl (C=O) groups excluding carboxylic acids is 1. The van der Waals surface area contributed by atoms with E-state index < -0.39 is 0 Å². The van der Waals surface area contributed by atoms with Gasteiger partial charge in [0.25, 0.3) is 5.91 Å². The van der Waals surface area contributed by atoms with Gasteiger partial charge in [0.2, 0.25) is 0 Å². The topological polar surface area (TPSA) is 69.0 Å². The van der Waals surface area contributed by atoms with Gasteiger partial charge in [-0.15, -0.1) is 11.3 Å². The molecule has 0 spiro atoms. The summed E-state index contributed by atoms with van der Waals surface area (Å²) >= 11 is 1.39. The van der Waals surface area contributed by atoms with Crippen molar-refractivity contribution in [2.45, 2.75) is 6.54 Å². The molecule has 150 valence electrons. The van der Waals surface area contributed by atoms with Gasteiger partial charge in [0.15, 0.2) is 5.13 Å². The van der Waals surface area contributed by atoms with Crippen molar-refractivity contribution >= 4 is 34.5 Å². The minimum absolute atomic E-state index is 0.191. The second-order valence-electron chi connectivity index (χ2n) is 6.48. The first kappa shape index (κ1) is 19.6. The SMILES string of the molecule is COc1ccccc1C=Cc1csc(NC(=O)c2cccn2Cc2ccncc2)n1. The van der Waals surface area contributed by atoms with E-state index in [1.54, 1.807) is 25.6 Å². The van der Waals surface area contributed by atoms with E-state index in [0.29, 0.717) is 17.4 Å². The van der Waals surface area contributed by atoms with Crippen molar-refractivity contribution in [1.29, 1.82) is 0 Å². The largest absolute Gasteiger partial charge is 0.496 e. The molecule has 0 unspecified atom stereocenters. The Morgan fingerprint density at radius 2 is 1.97 bits per heavy atom. The molecule has 4 aromatic rings. The second kappa shape index (κ2) is 9.19. The molecule has 0 saturated heterocycles. The third-order valence-corrected chi connectivity index (χ3v) is 5.26. The number of nitrogens with one attached hydrogen (secondary N) is 1. The molecule has 1 amide bonds. The first-order valence-corrected chi connectivity index (χ1v) is 10.2. The number of rotatable bonds is 7. The van der Waals surface area contributed by atoms with Crippen LogP contribution < -0.4 is 10.1 Å². The minimum Gasteiger partial charge on any atom is -0.496 e. The summed E-state index contributed by atoms with van der Waals surface area (Å²) in [6, 6.07) is 15.3. The first-order valence-electron chi connectivity index (χ1n) is 9.35. The molecule has 3 aromatic heterocycles. The zero-order valence-corrected chi connectivity index (χ0v) is 17.2. The van der Waals surface area contributed by atoms with E-state index >= 15 is 0 Å². The number of benzene rings is 1. The van der Waals surface area contributed by atoms with Crippen molar-refractivity contribution in [3.8, 4) is 5.75 Å². The van der Waals surface area contributed by atoms with E-state index in [0.717, 1.165) is 22.6 Å². The van der Waals surface area contributed by atoms with E-state index in [-0.39, 0.29) is 5.91 Å². The van der Waals surface area contributed by atoms with E-state index in [1.807, 2.05) is 70.8 Å². The van der Waals surface area contributed by atoms with Gasteiger partial charge < -0.3 is 9.30 Å². The summed E-state index contributed by atoms with van der Waals surface area (Å²) in [7, 11) is 1.65. The number of methoxy groups -OCH3 is 1. The number of aromatic nitrogens is 3. The summed E-state index contributed by atoms with van der Waals surface area (Å²) in [5, 5.41) is 5.34. The van der Waals surface area contributed by atoms with Gasteiger partial charge in [0, 0.05) is 36.1 Å². The van der Waals surface area contributed by atoms with Crippen LogP contribution in [0.3, 0.4) is 0 Å². The number of nitrogens with zero attached hydrogens (tertiary/aromatic N) is 3. The monoisotopic (exact) mass is 416 g/mol. The lowest BCUT2D eigenvalue weighted by atomic mass is 10.2. The first-order chi connectivity index (χ1) is 14.7. The Morgan fingerprint density at radius 1 is 1.13 bits per heavy atom. The molecule has 0 bridgehead atoms. The number of amides is 1. The molecule has 0 fully saturated rings. The zero-order valence-electron chi connectivity index (χ0n) is 16.4. The Hall–Kier alpha value is -3.71. The van der Waals surface area contributed by atoms with Gasteiger partial charge >= 0.3 is 0 Å². The van der Waals surface area contributed by atoms with Gasteiger partial charge in [-0.2, -0.15) is 0 Å². The van der Waals surface area contributed by atoms with Gasteiger partial charge in [-0.1, -0.05) is 18.2 Å². The van der Waals surface area contributed by atoms with Gasteiger partial charge in [-0.25, -0.2) is 4.98 Å². The third kappa shape index (κ3) is 4.64. The maximum Gasteiger partial charge on any atom is 0.274 e. The van der Waals surface area contributed by atoms with E-state index in [2.05, 4.69) is 15.3 Å². The number of pyridine rings is 1. The number of para-hydroxylation sites is 1. The number of carbonyl (C=O) groups is 1. The molecular formula is C23H20N4O2S. The Labute approximate surface area is 178 Å². The van der Waals surface area contributed by atoms with Gasteiger partial charge in [-0.05, 0) is 48.0 Å². The van der Waals surface area contributed by atoms with Crippen LogP contribution in [0.15, 0.2) is 72.5 Å². The third-order valence-electron chi connectivity index (χ3n) is 4.48. The predicted octanol–water partition coefficient (Wildman–Crippen LogP) is 4.82. The number of anilines is 1. The van der Waals surface area contributed by atoms with Crippen LogP contribution in [0.2, 0.25) is 0 Å². The summed E-state index contributed by atoms with van der Waals surface area (Å²) in [4.78, 5) is 21.3. The van der Waals surface area contributed by atoms with Crippen LogP contribution in [-0.4, -0.2) is 27.6 Å². The summed E-state index contributed by atoms with van der Waals surface area (Å²) in [6.07, 6.45) is 9.22. The number of ether oxygens (including phenoxy) is 1. The summed E-state index contributed by atoms with van der Waals surface area (Å²) < 4.78 is 7.26. The molecule has 1 aromatic carbocycles. The summed E-state index contributed by atoms with van der Waals surface area (Å²) in [6.45, 7) is 0.600. The lowest BCUT2D eigenvalue weighted by molar-refractivity contribution is 0.101. The molecule has 7 heteroatoms. The Morgan fingerprint density at radius 3 is 2.80 bits per heavy atom. The van der Waals surface area contributed by atoms with Crippen molar-refractivity contribution in [2.24, 2.45) is 0 Å². The highest BCUT2D eigenvalue weighted by atomic mass is 32.1. The molecule has 1 N–H and O–H groups in total. The molecule has 0 atom stereocenters. The molecular weight excluding hydrogens is 396 g/mol. The van der Waals surface area contributed by atoms with Crippen molar-refractivity contribution in [3.05, 3.63) is 95.0 Å². The molecule has 0 aliphatic carbocycles. The van der Waals surface area contributed by atoms with Crippen LogP contribution in [0.4, 0.5) is 5.13 Å².